The Balaban J connectivity index is 1.28. The number of fused-ring (bicyclic) bond motifs is 1. The number of amides is 2. The van der Waals surface area contributed by atoms with Gasteiger partial charge < -0.3 is 25.1 Å². The molecule has 2 heterocycles. The third-order valence-corrected chi connectivity index (χ3v) is 10.2. The number of nitrogens with one attached hydrogen (secondary N) is 2. The van der Waals surface area contributed by atoms with Crippen LogP contribution in [0.2, 0.25) is 5.02 Å². The maximum absolute atomic E-state index is 14.4. The number of para-hydroxylation sites is 2. The summed E-state index contributed by atoms with van der Waals surface area (Å²) in [6.07, 6.45) is 1.15. The number of oxazole rings is 1. The van der Waals surface area contributed by atoms with Crippen LogP contribution in [-0.2, 0) is 50.3 Å². The lowest BCUT2D eigenvalue weighted by Gasteiger charge is -2.29. The number of ether oxygens (including phenoxy) is 1. The van der Waals surface area contributed by atoms with Crippen LogP contribution in [0.5, 0.6) is 0 Å². The van der Waals surface area contributed by atoms with Gasteiger partial charge in [-0.15, -0.1) is 0 Å². The number of carbonyl (C=O) groups excluding carboxylic acids is 3. The third-order valence-electron chi connectivity index (χ3n) is 9.27. The zero-order valence-electron chi connectivity index (χ0n) is 29.7. The lowest BCUT2D eigenvalue weighted by Crippen LogP contribution is -2.55. The molecular weight excluding hydrogens is 730 g/mol. The fourth-order valence-corrected chi connectivity index (χ4v) is 7.44. The van der Waals surface area contributed by atoms with Gasteiger partial charge in [0.1, 0.15) is 23.6 Å². The molecule has 1 saturated heterocycles. The van der Waals surface area contributed by atoms with Gasteiger partial charge in [-0.1, -0.05) is 90.5 Å². The fourth-order valence-electron chi connectivity index (χ4n) is 6.58. The SMILES string of the molecule is CS(=O)(=O)N[C@H](CCc1ccccc1)C(=O)N1C[C@H](OCc2ccc(Cl)cc2)C[C@H]1C(=O)N[C@@H](Cc1cccc(CN)c1)C(=O)c1nc2ccccc2o1. The van der Waals surface area contributed by atoms with Crippen molar-refractivity contribution in [1.29, 1.82) is 0 Å². The third kappa shape index (κ3) is 10.2. The summed E-state index contributed by atoms with van der Waals surface area (Å²) in [5, 5.41) is 3.47. The highest BCUT2D eigenvalue weighted by Gasteiger charge is 2.44. The molecule has 0 radical (unpaired) electrons. The highest BCUT2D eigenvalue weighted by Crippen LogP contribution is 2.26. The van der Waals surface area contributed by atoms with Crippen LogP contribution in [0.4, 0.5) is 0 Å². The minimum absolute atomic E-state index is 0.0140. The number of nitrogens with zero attached hydrogens (tertiary/aromatic N) is 2. The van der Waals surface area contributed by atoms with E-state index in [-0.39, 0.29) is 44.8 Å². The quantitative estimate of drug-likeness (QED) is 0.121. The molecule has 2 amide bonds. The molecule has 1 fully saturated rings. The van der Waals surface area contributed by atoms with E-state index in [1.165, 1.54) is 4.90 Å². The van der Waals surface area contributed by atoms with E-state index in [0.717, 1.165) is 28.5 Å². The molecule has 1 aliphatic heterocycles. The van der Waals surface area contributed by atoms with Crippen molar-refractivity contribution in [3.05, 3.63) is 136 Å². The predicted molar refractivity (Wildman–Crippen MR) is 205 cm³/mol. The minimum atomic E-state index is -3.83. The Bertz CT molecular complexity index is 2160. The summed E-state index contributed by atoms with van der Waals surface area (Å²) in [7, 11) is -3.83. The standard InChI is InChI=1S/C40H42ClN5O7S/c1-54(50,51)45-33(19-16-26-8-3-2-4-9-26)40(49)46-24-31(52-25-27-14-17-30(41)18-15-27)22-35(46)38(48)43-34(21-28-10-7-11-29(20-28)23-42)37(47)39-44-32-12-5-6-13-36(32)53-39/h2-15,17-18,20,31,33-35,45H,16,19,21-25,42H2,1H3,(H,43,48)/t31-,33-,34+,35+/m1/s1. The topological polar surface area (TPSA) is 174 Å². The Morgan fingerprint density at radius 3 is 2.35 bits per heavy atom. The average molecular weight is 772 g/mol. The van der Waals surface area contributed by atoms with Gasteiger partial charge in [0.2, 0.25) is 27.6 Å². The second kappa shape index (κ2) is 17.5. The number of ketones is 1. The Labute approximate surface area is 319 Å². The Morgan fingerprint density at radius 1 is 0.926 bits per heavy atom. The van der Waals surface area contributed by atoms with Gasteiger partial charge in [-0.25, -0.2) is 18.1 Å². The number of hydrogen-bond donors (Lipinski definition) is 3. The van der Waals surface area contributed by atoms with Gasteiger partial charge in [-0.2, -0.15) is 0 Å². The smallest absolute Gasteiger partial charge is 0.266 e. The van der Waals surface area contributed by atoms with Crippen LogP contribution in [-0.4, -0.2) is 72.9 Å². The molecule has 12 nitrogen and oxygen atoms in total. The van der Waals surface area contributed by atoms with Crippen LogP contribution in [0.3, 0.4) is 0 Å². The molecule has 4 N–H and O–H groups in total. The molecule has 5 aromatic rings. The lowest BCUT2D eigenvalue weighted by molar-refractivity contribution is -0.140. The molecule has 0 unspecified atom stereocenters. The molecule has 14 heteroatoms. The number of hydrogen-bond acceptors (Lipinski definition) is 9. The first-order valence-electron chi connectivity index (χ1n) is 17.6. The Morgan fingerprint density at radius 2 is 1.63 bits per heavy atom. The van der Waals surface area contributed by atoms with Crippen molar-refractivity contribution in [1.82, 2.24) is 19.9 Å². The van der Waals surface area contributed by atoms with Crippen LogP contribution in [0.1, 0.15) is 45.8 Å². The first kappa shape index (κ1) is 38.8. The van der Waals surface area contributed by atoms with E-state index < -0.39 is 51.9 Å². The van der Waals surface area contributed by atoms with E-state index in [0.29, 0.717) is 22.5 Å². The summed E-state index contributed by atoms with van der Waals surface area (Å²) in [6, 6.07) is 27.5. The second-order valence-corrected chi connectivity index (χ2v) is 15.6. The van der Waals surface area contributed by atoms with Gasteiger partial charge in [0.15, 0.2) is 5.58 Å². The summed E-state index contributed by atoms with van der Waals surface area (Å²) < 4.78 is 39.6. The van der Waals surface area contributed by atoms with Crippen LogP contribution < -0.4 is 15.8 Å². The zero-order chi connectivity index (χ0) is 38.2. The molecular formula is C40H42ClN5O7S. The zero-order valence-corrected chi connectivity index (χ0v) is 31.3. The number of benzene rings is 4. The van der Waals surface area contributed by atoms with Crippen molar-refractivity contribution in [3.8, 4) is 0 Å². The summed E-state index contributed by atoms with van der Waals surface area (Å²) in [6.45, 7) is 0.487. The number of likely N-dealkylation sites (tertiary alicyclic amines) is 1. The maximum atomic E-state index is 14.4. The normalized spacial score (nSPS) is 17.0. The molecule has 0 aliphatic carbocycles. The molecule has 6 rings (SSSR count). The molecule has 4 atom stereocenters. The number of aryl methyl sites for hydroxylation is 1. The van der Waals surface area contributed by atoms with Gasteiger partial charge in [0, 0.05) is 31.0 Å². The summed E-state index contributed by atoms with van der Waals surface area (Å²) in [4.78, 5) is 48.6. The molecule has 1 aliphatic rings. The number of halogens is 1. The van der Waals surface area contributed by atoms with Crippen molar-refractivity contribution in [2.24, 2.45) is 5.73 Å². The summed E-state index contributed by atoms with van der Waals surface area (Å²) in [5.41, 5.74) is 10.2. The highest BCUT2D eigenvalue weighted by molar-refractivity contribution is 7.88. The monoisotopic (exact) mass is 771 g/mol. The van der Waals surface area contributed by atoms with Crippen molar-refractivity contribution in [2.75, 3.05) is 12.8 Å². The first-order chi connectivity index (χ1) is 26.0. The number of aromatic nitrogens is 1. The first-order valence-corrected chi connectivity index (χ1v) is 19.9. The van der Waals surface area contributed by atoms with Crippen LogP contribution >= 0.6 is 11.6 Å². The summed E-state index contributed by atoms with van der Waals surface area (Å²) in [5.74, 6) is -1.90. The van der Waals surface area contributed by atoms with E-state index in [1.54, 1.807) is 36.4 Å². The van der Waals surface area contributed by atoms with E-state index in [9.17, 15) is 22.8 Å². The van der Waals surface area contributed by atoms with Gasteiger partial charge >= 0.3 is 0 Å². The number of carbonyl (C=O) groups is 3. The Kier molecular flexibility index (Phi) is 12.6. The van der Waals surface area contributed by atoms with E-state index >= 15 is 0 Å². The lowest BCUT2D eigenvalue weighted by atomic mass is 9.99. The van der Waals surface area contributed by atoms with Crippen LogP contribution in [0.25, 0.3) is 11.1 Å². The molecule has 0 spiro atoms. The molecule has 54 heavy (non-hydrogen) atoms. The van der Waals surface area contributed by atoms with Gasteiger partial charge in [-0.3, -0.25) is 14.4 Å². The average Bonchev–Trinajstić information content (AvgIpc) is 3.81. The van der Waals surface area contributed by atoms with Gasteiger partial charge in [-0.05, 0) is 59.4 Å². The van der Waals surface area contributed by atoms with Crippen molar-refractivity contribution >= 4 is 50.3 Å². The van der Waals surface area contributed by atoms with Crippen LogP contribution in [0.15, 0.2) is 108 Å². The van der Waals surface area contributed by atoms with Crippen molar-refractivity contribution in [3.63, 3.8) is 0 Å². The minimum Gasteiger partial charge on any atom is -0.434 e. The second-order valence-electron chi connectivity index (χ2n) is 13.4. The van der Waals surface area contributed by atoms with E-state index in [2.05, 4.69) is 15.0 Å². The van der Waals surface area contributed by atoms with E-state index in [1.807, 2.05) is 66.7 Å². The van der Waals surface area contributed by atoms with Gasteiger partial charge in [0.25, 0.3) is 5.89 Å². The van der Waals surface area contributed by atoms with Crippen LogP contribution in [0, 0.1) is 0 Å². The molecule has 1 aromatic heterocycles. The molecule has 282 valence electrons. The fraction of sp³-hybridized carbons (Fsp3) is 0.300. The Hall–Kier alpha value is -4.92. The molecule has 0 bridgehead atoms. The highest BCUT2D eigenvalue weighted by atomic mass is 35.5. The predicted octanol–water partition coefficient (Wildman–Crippen LogP) is 4.59. The largest absolute Gasteiger partial charge is 0.434 e. The molecule has 4 aromatic carbocycles. The van der Waals surface area contributed by atoms with Gasteiger partial charge in [0.05, 0.1) is 19.0 Å². The van der Waals surface area contributed by atoms with Crippen molar-refractivity contribution < 1.29 is 32.0 Å². The van der Waals surface area contributed by atoms with E-state index in [4.69, 9.17) is 26.5 Å². The summed E-state index contributed by atoms with van der Waals surface area (Å²) >= 11 is 6.06. The number of sulfonamides is 1. The number of Topliss-reactive ketones (excluding diaryl/α,β-unsaturated/α-hetero) is 1. The number of rotatable bonds is 16. The van der Waals surface area contributed by atoms with Crippen molar-refractivity contribution in [2.45, 2.75) is 63.1 Å². The number of nitrogens with two attached hydrogens (primary N) is 1. The molecule has 0 saturated carbocycles. The maximum Gasteiger partial charge on any atom is 0.266 e.